The van der Waals surface area contributed by atoms with Gasteiger partial charge in [-0.15, -0.1) is 0 Å². The second-order valence-electron chi connectivity index (χ2n) is 10.2. The van der Waals surface area contributed by atoms with Gasteiger partial charge in [0.2, 0.25) is 11.8 Å². The highest BCUT2D eigenvalue weighted by Gasteiger charge is 2.56. The molecule has 2 aromatic carbocycles. The highest BCUT2D eigenvalue weighted by molar-refractivity contribution is 9.10. The molecule has 1 fully saturated rings. The predicted octanol–water partition coefficient (Wildman–Crippen LogP) is 5.43. The van der Waals surface area contributed by atoms with E-state index in [0.29, 0.717) is 38.9 Å². The van der Waals surface area contributed by atoms with E-state index in [0.717, 1.165) is 11.1 Å². The number of phenols is 1. The van der Waals surface area contributed by atoms with Crippen LogP contribution < -0.4 is 4.90 Å². The molecule has 2 aromatic rings. The number of ketones is 2. The molecule has 6 nitrogen and oxygen atoms in total. The molecule has 6 rings (SSSR count). The number of allylic oxidation sites excluding steroid dienone is 6. The number of Topliss-reactive ketones (excluding diaryl/α,β-unsaturated/α-hetero) is 1. The first-order valence-electron chi connectivity index (χ1n) is 12.5. The Morgan fingerprint density at radius 3 is 2.47 bits per heavy atom. The van der Waals surface area contributed by atoms with Gasteiger partial charge in [-0.2, -0.15) is 0 Å². The van der Waals surface area contributed by atoms with E-state index >= 15 is 0 Å². The molecule has 7 heteroatoms. The summed E-state index contributed by atoms with van der Waals surface area (Å²) in [6.07, 6.45) is 5.53. The van der Waals surface area contributed by atoms with Crippen molar-refractivity contribution in [3.63, 3.8) is 0 Å². The fraction of sp³-hybridized carbons (Fsp3) is 0.226. The number of fused-ring (bicyclic) bond motifs is 3. The maximum absolute atomic E-state index is 13.9. The number of hydrogen-bond donors (Lipinski definition) is 1. The Morgan fingerprint density at radius 1 is 1.03 bits per heavy atom. The van der Waals surface area contributed by atoms with Crippen LogP contribution >= 0.6 is 15.9 Å². The third-order valence-corrected chi connectivity index (χ3v) is 8.74. The number of amides is 2. The monoisotopic (exact) mass is 569 g/mol. The van der Waals surface area contributed by atoms with Crippen molar-refractivity contribution in [3.8, 4) is 5.75 Å². The van der Waals surface area contributed by atoms with Crippen molar-refractivity contribution in [2.75, 3.05) is 4.90 Å². The fourth-order valence-electron chi connectivity index (χ4n) is 6.51. The lowest BCUT2D eigenvalue weighted by Gasteiger charge is -2.42. The van der Waals surface area contributed by atoms with Crippen molar-refractivity contribution in [2.45, 2.75) is 25.7 Å². The quantitative estimate of drug-likeness (QED) is 0.302. The second-order valence-corrected chi connectivity index (χ2v) is 11.2. The third-order valence-electron chi connectivity index (χ3n) is 8.25. The number of rotatable bonds is 3. The standard InChI is InChI=1S/C31H24BrNO5/c1-3-16-4-7-18(8-5-16)33-30(37)20-10-9-19-21(27(20)31(33)38)14-23-28(25(35)12-15(2)29(23)36)26(19)22-13-17(32)6-11-24(22)34/h3-9,11-13,20-21,26-27,34H,1,10,14H2,2H3/t20-,21+,26+,27-/m0/s1. The number of imide groups is 1. The van der Waals surface area contributed by atoms with Crippen LogP contribution in [0, 0.1) is 17.8 Å². The molecule has 1 aliphatic heterocycles. The molecule has 1 heterocycles. The average molecular weight is 570 g/mol. The first-order chi connectivity index (χ1) is 18.2. The summed E-state index contributed by atoms with van der Waals surface area (Å²) in [6.45, 7) is 5.37. The zero-order chi connectivity index (χ0) is 26.9. The molecule has 0 bridgehead atoms. The number of nitrogens with zero attached hydrogens (tertiary/aromatic N) is 1. The number of halogens is 1. The van der Waals surface area contributed by atoms with E-state index in [-0.39, 0.29) is 35.6 Å². The smallest absolute Gasteiger partial charge is 0.238 e. The number of phenolic OH excluding ortho intramolecular Hbond substituents is 1. The van der Waals surface area contributed by atoms with Crippen molar-refractivity contribution < 1.29 is 24.3 Å². The number of carbonyl (C=O) groups is 4. The predicted molar refractivity (Wildman–Crippen MR) is 146 cm³/mol. The van der Waals surface area contributed by atoms with Crippen molar-refractivity contribution in [1.82, 2.24) is 0 Å². The van der Waals surface area contributed by atoms with E-state index in [9.17, 15) is 24.3 Å². The Kier molecular flexibility index (Phi) is 5.72. The maximum Gasteiger partial charge on any atom is 0.238 e. The summed E-state index contributed by atoms with van der Waals surface area (Å²) in [5.74, 6) is -3.41. The SMILES string of the molecule is C=Cc1ccc(N2C(=O)[C@H]3[C@H](CC=C4[C@H](c5cc(Br)ccc5O)C5=C(C[C@H]43)C(=O)C(C)=CC5=O)C2=O)cc1. The second kappa shape index (κ2) is 8.88. The Balaban J connectivity index is 1.49. The Morgan fingerprint density at radius 2 is 1.76 bits per heavy atom. The van der Waals surface area contributed by atoms with E-state index in [1.54, 1.807) is 55.5 Å². The highest BCUT2D eigenvalue weighted by Crippen LogP contribution is 2.56. The lowest BCUT2D eigenvalue weighted by atomic mass is 9.59. The molecule has 1 saturated heterocycles. The number of hydrogen-bond acceptors (Lipinski definition) is 5. The molecule has 38 heavy (non-hydrogen) atoms. The summed E-state index contributed by atoms with van der Waals surface area (Å²) >= 11 is 3.46. The molecule has 2 amide bonds. The van der Waals surface area contributed by atoms with Crippen LogP contribution in [0.1, 0.15) is 36.8 Å². The molecule has 0 radical (unpaired) electrons. The summed E-state index contributed by atoms with van der Waals surface area (Å²) < 4.78 is 0.714. The van der Waals surface area contributed by atoms with Crippen molar-refractivity contribution in [2.24, 2.45) is 17.8 Å². The molecule has 190 valence electrons. The highest BCUT2D eigenvalue weighted by atomic mass is 79.9. The van der Waals surface area contributed by atoms with Gasteiger partial charge in [0.25, 0.3) is 0 Å². The average Bonchev–Trinajstić information content (AvgIpc) is 3.17. The van der Waals surface area contributed by atoms with Crippen LogP contribution in [0.2, 0.25) is 0 Å². The van der Waals surface area contributed by atoms with Gasteiger partial charge >= 0.3 is 0 Å². The lowest BCUT2D eigenvalue weighted by Crippen LogP contribution is -2.39. The molecule has 0 aromatic heterocycles. The van der Waals surface area contributed by atoms with Crippen molar-refractivity contribution >= 4 is 51.1 Å². The molecule has 3 aliphatic carbocycles. The van der Waals surface area contributed by atoms with Crippen LogP contribution in [0.15, 0.2) is 88.0 Å². The summed E-state index contributed by atoms with van der Waals surface area (Å²) in [6, 6.07) is 12.1. The van der Waals surface area contributed by atoms with Crippen molar-refractivity contribution in [1.29, 1.82) is 0 Å². The van der Waals surface area contributed by atoms with Gasteiger partial charge in [0.15, 0.2) is 11.6 Å². The zero-order valence-electron chi connectivity index (χ0n) is 20.6. The molecule has 4 aliphatic rings. The number of anilines is 1. The Bertz CT molecular complexity index is 1560. The maximum atomic E-state index is 13.9. The topological polar surface area (TPSA) is 91.8 Å². The summed E-state index contributed by atoms with van der Waals surface area (Å²) in [5.41, 5.74) is 3.74. The van der Waals surface area contributed by atoms with E-state index in [1.807, 2.05) is 6.08 Å². The van der Waals surface area contributed by atoms with Crippen LogP contribution in [-0.4, -0.2) is 28.5 Å². The minimum atomic E-state index is -0.688. The van der Waals surface area contributed by atoms with Gasteiger partial charge in [0, 0.05) is 32.7 Å². The fourth-order valence-corrected chi connectivity index (χ4v) is 6.89. The minimum Gasteiger partial charge on any atom is -0.508 e. The van der Waals surface area contributed by atoms with E-state index in [4.69, 9.17) is 0 Å². The van der Waals surface area contributed by atoms with Gasteiger partial charge in [-0.3, -0.25) is 24.1 Å². The van der Waals surface area contributed by atoms with E-state index < -0.39 is 23.7 Å². The molecular formula is C31H24BrNO5. The summed E-state index contributed by atoms with van der Waals surface area (Å²) in [5, 5.41) is 10.9. The molecule has 4 atom stereocenters. The van der Waals surface area contributed by atoms with Gasteiger partial charge in [0.05, 0.1) is 17.5 Å². The Hall–Kier alpha value is -3.84. The van der Waals surface area contributed by atoms with Gasteiger partial charge < -0.3 is 5.11 Å². The van der Waals surface area contributed by atoms with Crippen LogP contribution in [0.5, 0.6) is 5.75 Å². The van der Waals surface area contributed by atoms with E-state index in [1.165, 1.54) is 11.0 Å². The van der Waals surface area contributed by atoms with Crippen molar-refractivity contribution in [3.05, 3.63) is 99.1 Å². The largest absolute Gasteiger partial charge is 0.508 e. The Labute approximate surface area is 228 Å². The third kappa shape index (κ3) is 3.52. The van der Waals surface area contributed by atoms with Crippen LogP contribution in [0.4, 0.5) is 5.69 Å². The molecular weight excluding hydrogens is 546 g/mol. The molecule has 1 N–H and O–H groups in total. The van der Waals surface area contributed by atoms with Gasteiger partial charge in [-0.25, -0.2) is 0 Å². The molecule has 0 unspecified atom stereocenters. The van der Waals surface area contributed by atoms with Gasteiger partial charge in [-0.05, 0) is 67.7 Å². The normalized spacial score (nSPS) is 26.5. The van der Waals surface area contributed by atoms with Crippen LogP contribution in [0.25, 0.3) is 6.08 Å². The lowest BCUT2D eigenvalue weighted by molar-refractivity contribution is -0.123. The first kappa shape index (κ1) is 24.5. The zero-order valence-corrected chi connectivity index (χ0v) is 22.2. The summed E-state index contributed by atoms with van der Waals surface area (Å²) in [7, 11) is 0. The molecule has 0 saturated carbocycles. The number of carbonyl (C=O) groups excluding carboxylic acids is 4. The van der Waals surface area contributed by atoms with Gasteiger partial charge in [-0.1, -0.05) is 52.4 Å². The number of benzene rings is 2. The minimum absolute atomic E-state index is 0.00185. The molecule has 0 spiro atoms. The van der Waals surface area contributed by atoms with Crippen LogP contribution in [-0.2, 0) is 19.2 Å². The summed E-state index contributed by atoms with van der Waals surface area (Å²) in [4.78, 5) is 55.4. The first-order valence-corrected chi connectivity index (χ1v) is 13.3. The van der Waals surface area contributed by atoms with E-state index in [2.05, 4.69) is 22.5 Å². The van der Waals surface area contributed by atoms with Gasteiger partial charge in [0.1, 0.15) is 5.75 Å². The number of aromatic hydroxyl groups is 1. The van der Waals surface area contributed by atoms with Crippen LogP contribution in [0.3, 0.4) is 0 Å².